The maximum atomic E-state index is 10.2. The number of hydrogen-bond donors (Lipinski definition) is 1. The Morgan fingerprint density at radius 2 is 2.29 bits per heavy atom. The summed E-state index contributed by atoms with van der Waals surface area (Å²) in [5.41, 5.74) is 0.331. The van der Waals surface area contributed by atoms with Crippen molar-refractivity contribution in [3.05, 3.63) is 28.0 Å². The van der Waals surface area contributed by atoms with E-state index in [1.54, 1.807) is 0 Å². The molecule has 0 aromatic carbocycles. The van der Waals surface area contributed by atoms with E-state index in [1.807, 2.05) is 0 Å². The molecule has 5 heteroatoms. The van der Waals surface area contributed by atoms with Crippen LogP contribution in [0.15, 0.2) is 12.3 Å². The number of hydrogen-bond acceptors (Lipinski definition) is 2. The van der Waals surface area contributed by atoms with Gasteiger partial charge in [-0.3, -0.25) is 4.79 Å². The van der Waals surface area contributed by atoms with Gasteiger partial charge in [-0.1, -0.05) is 29.1 Å². The van der Waals surface area contributed by atoms with Crippen LogP contribution in [0.4, 0.5) is 0 Å². The van der Waals surface area contributed by atoms with Crippen molar-refractivity contribution in [3.63, 3.8) is 0 Å². The second-order valence-corrected chi connectivity index (χ2v) is 3.20. The lowest BCUT2D eigenvalue weighted by molar-refractivity contribution is -0.135. The van der Waals surface area contributed by atoms with Crippen LogP contribution in [0.5, 0.6) is 0 Å². The zero-order chi connectivity index (χ0) is 10.6. The van der Waals surface area contributed by atoms with E-state index >= 15 is 0 Å². The van der Waals surface area contributed by atoms with Crippen molar-refractivity contribution in [1.29, 1.82) is 0 Å². The molecule has 0 spiro atoms. The molecule has 0 atom stereocenters. The van der Waals surface area contributed by atoms with E-state index in [4.69, 9.17) is 28.3 Å². The Kier molecular flexibility index (Phi) is 3.75. The summed E-state index contributed by atoms with van der Waals surface area (Å²) >= 11 is 11.4. The van der Waals surface area contributed by atoms with E-state index < -0.39 is 5.97 Å². The first-order valence-corrected chi connectivity index (χ1v) is 4.37. The lowest BCUT2D eigenvalue weighted by atomic mass is 10.3. The molecule has 0 bridgehead atoms. The van der Waals surface area contributed by atoms with Gasteiger partial charge in [0.15, 0.2) is 0 Å². The van der Waals surface area contributed by atoms with Gasteiger partial charge >= 0.3 is 5.97 Å². The minimum Gasteiger partial charge on any atom is -0.481 e. The van der Waals surface area contributed by atoms with E-state index in [-0.39, 0.29) is 6.42 Å². The van der Waals surface area contributed by atoms with Crippen LogP contribution < -0.4 is 0 Å². The minimum absolute atomic E-state index is 0.235. The molecule has 0 saturated carbocycles. The molecule has 14 heavy (non-hydrogen) atoms. The van der Waals surface area contributed by atoms with Crippen LogP contribution in [0.3, 0.4) is 0 Å². The number of pyridine rings is 1. The van der Waals surface area contributed by atoms with Gasteiger partial charge in [0, 0.05) is 6.20 Å². The zero-order valence-electron chi connectivity index (χ0n) is 6.92. The fourth-order valence-electron chi connectivity index (χ4n) is 0.710. The first-order valence-electron chi connectivity index (χ1n) is 3.61. The summed E-state index contributed by atoms with van der Waals surface area (Å²) in [6.07, 6.45) is 1.17. The predicted molar refractivity (Wildman–Crippen MR) is 53.4 cm³/mol. The summed E-state index contributed by atoms with van der Waals surface area (Å²) in [6, 6.07) is 1.50. The van der Waals surface area contributed by atoms with Crippen molar-refractivity contribution in [2.24, 2.45) is 0 Å². The molecule has 0 radical (unpaired) electrons. The van der Waals surface area contributed by atoms with Crippen LogP contribution in [-0.4, -0.2) is 16.1 Å². The average Bonchev–Trinajstić information content (AvgIpc) is 2.08. The number of carboxylic acid groups (broad SMARTS) is 1. The first-order chi connectivity index (χ1) is 6.59. The lowest BCUT2D eigenvalue weighted by Gasteiger charge is -1.94. The van der Waals surface area contributed by atoms with Gasteiger partial charge in [0.1, 0.15) is 12.1 Å². The second kappa shape index (κ2) is 4.85. The van der Waals surface area contributed by atoms with Crippen LogP contribution in [-0.2, 0) is 4.79 Å². The molecule has 0 unspecified atom stereocenters. The summed E-state index contributed by atoms with van der Waals surface area (Å²) in [5.74, 6) is 3.98. The maximum Gasteiger partial charge on any atom is 0.315 e. The van der Waals surface area contributed by atoms with E-state index in [9.17, 15) is 4.79 Å². The Hall–Kier alpha value is -1.24. The van der Waals surface area contributed by atoms with Gasteiger partial charge in [0.05, 0.1) is 10.0 Å². The molecule has 3 nitrogen and oxygen atoms in total. The molecule has 1 aromatic heterocycles. The fraction of sp³-hybridized carbons (Fsp3) is 0.111. The number of carboxylic acids is 1. The molecule has 1 rings (SSSR count). The molecule has 72 valence electrons. The second-order valence-electron chi connectivity index (χ2n) is 2.36. The van der Waals surface area contributed by atoms with E-state index in [0.29, 0.717) is 15.7 Å². The Balaban J connectivity index is 2.85. The Morgan fingerprint density at radius 1 is 1.57 bits per heavy atom. The van der Waals surface area contributed by atoms with Crippen molar-refractivity contribution in [3.8, 4) is 11.8 Å². The van der Waals surface area contributed by atoms with Crippen molar-refractivity contribution < 1.29 is 9.90 Å². The highest BCUT2D eigenvalue weighted by molar-refractivity contribution is 6.35. The standard InChI is InChI=1S/C9H5Cl2NO2/c10-6-4-7(11)8(12-5-6)2-1-3-9(13)14/h4-5H,3H2,(H,13,14). The highest BCUT2D eigenvalue weighted by atomic mass is 35.5. The van der Waals surface area contributed by atoms with Crippen LogP contribution in [0.1, 0.15) is 12.1 Å². The summed E-state index contributed by atoms with van der Waals surface area (Å²) in [4.78, 5) is 14.0. The molecular weight excluding hydrogens is 225 g/mol. The number of rotatable bonds is 1. The smallest absolute Gasteiger partial charge is 0.315 e. The van der Waals surface area contributed by atoms with Gasteiger partial charge in [0.2, 0.25) is 0 Å². The first kappa shape index (κ1) is 10.8. The topological polar surface area (TPSA) is 50.2 Å². The third kappa shape index (κ3) is 3.25. The van der Waals surface area contributed by atoms with Gasteiger partial charge in [-0.2, -0.15) is 0 Å². The number of carbonyl (C=O) groups is 1. The van der Waals surface area contributed by atoms with Gasteiger partial charge in [-0.15, -0.1) is 0 Å². The molecule has 1 heterocycles. The molecule has 0 fully saturated rings. The molecule has 0 saturated heterocycles. The van der Waals surface area contributed by atoms with Crippen molar-refractivity contribution >= 4 is 29.2 Å². The summed E-state index contributed by atoms with van der Waals surface area (Å²) in [7, 11) is 0. The lowest BCUT2D eigenvalue weighted by Crippen LogP contribution is -1.91. The normalized spacial score (nSPS) is 9.00. The van der Waals surface area contributed by atoms with Gasteiger partial charge in [0.25, 0.3) is 0 Å². The molecule has 0 aliphatic carbocycles. The summed E-state index contributed by atoms with van der Waals surface area (Å²) in [5, 5.41) is 9.06. The largest absolute Gasteiger partial charge is 0.481 e. The highest BCUT2D eigenvalue weighted by Gasteiger charge is 1.99. The Bertz CT molecular complexity index is 421. The van der Waals surface area contributed by atoms with Crippen molar-refractivity contribution in [2.75, 3.05) is 0 Å². The molecule has 0 aliphatic heterocycles. The number of aromatic nitrogens is 1. The van der Waals surface area contributed by atoms with Crippen LogP contribution in [0.2, 0.25) is 10.0 Å². The molecule has 1 aromatic rings. The number of nitrogens with zero attached hydrogens (tertiary/aromatic N) is 1. The zero-order valence-corrected chi connectivity index (χ0v) is 8.43. The number of aliphatic carboxylic acids is 1. The number of halogens is 2. The quantitative estimate of drug-likeness (QED) is 0.752. The van der Waals surface area contributed by atoms with Crippen molar-refractivity contribution in [2.45, 2.75) is 6.42 Å². The molecular formula is C9H5Cl2NO2. The minimum atomic E-state index is -0.984. The van der Waals surface area contributed by atoms with Gasteiger partial charge in [-0.05, 0) is 12.0 Å². The van der Waals surface area contributed by atoms with Crippen LogP contribution >= 0.6 is 23.2 Å². The Labute approximate surface area is 90.7 Å². The molecule has 0 aliphatic rings. The predicted octanol–water partition coefficient (Wildman–Crippen LogP) is 2.21. The van der Waals surface area contributed by atoms with Crippen molar-refractivity contribution in [1.82, 2.24) is 4.98 Å². The Morgan fingerprint density at radius 3 is 2.86 bits per heavy atom. The van der Waals surface area contributed by atoms with Crippen LogP contribution in [0, 0.1) is 11.8 Å². The van der Waals surface area contributed by atoms with Gasteiger partial charge < -0.3 is 5.11 Å². The molecule has 1 N–H and O–H groups in total. The summed E-state index contributed by atoms with van der Waals surface area (Å²) in [6.45, 7) is 0. The third-order valence-electron chi connectivity index (χ3n) is 1.25. The fourth-order valence-corrected chi connectivity index (χ4v) is 1.14. The van der Waals surface area contributed by atoms with E-state index in [1.165, 1.54) is 12.3 Å². The summed E-state index contributed by atoms with van der Waals surface area (Å²) < 4.78 is 0. The average molecular weight is 230 g/mol. The monoisotopic (exact) mass is 229 g/mol. The third-order valence-corrected chi connectivity index (χ3v) is 1.75. The van der Waals surface area contributed by atoms with E-state index in [2.05, 4.69) is 16.8 Å². The van der Waals surface area contributed by atoms with Gasteiger partial charge in [-0.25, -0.2) is 4.98 Å². The highest BCUT2D eigenvalue weighted by Crippen LogP contribution is 2.17. The molecule has 0 amide bonds. The van der Waals surface area contributed by atoms with E-state index in [0.717, 1.165) is 0 Å². The SMILES string of the molecule is O=C(O)CC#Cc1ncc(Cl)cc1Cl. The maximum absolute atomic E-state index is 10.2. The van der Waals surface area contributed by atoms with Crippen LogP contribution in [0.25, 0.3) is 0 Å².